The van der Waals surface area contributed by atoms with Crippen molar-refractivity contribution < 1.29 is 14.6 Å². The molecule has 2 atom stereocenters. The van der Waals surface area contributed by atoms with Gasteiger partial charge in [-0.3, -0.25) is 0 Å². The van der Waals surface area contributed by atoms with Crippen LogP contribution in [0.25, 0.3) is 0 Å². The van der Waals surface area contributed by atoms with Gasteiger partial charge in [0.25, 0.3) is 0 Å². The highest BCUT2D eigenvalue weighted by atomic mass is 35.5. The number of halogens is 1. The Morgan fingerprint density at radius 2 is 1.89 bits per heavy atom. The molecule has 2 rings (SSSR count). The van der Waals surface area contributed by atoms with Gasteiger partial charge >= 0.3 is 0 Å². The fourth-order valence-electron chi connectivity index (χ4n) is 2.56. The van der Waals surface area contributed by atoms with Gasteiger partial charge in [0.05, 0.1) is 6.10 Å². The first kappa shape index (κ1) is 14.8. The number of ether oxygens (including phenoxy) is 2. The Labute approximate surface area is 119 Å². The molecule has 0 aliphatic carbocycles. The molecule has 19 heavy (non-hydrogen) atoms. The van der Waals surface area contributed by atoms with Crippen molar-refractivity contribution in [2.75, 3.05) is 6.61 Å². The Bertz CT molecular complexity index is 418. The lowest BCUT2D eigenvalue weighted by Gasteiger charge is -2.25. The van der Waals surface area contributed by atoms with E-state index in [-0.39, 0.29) is 18.8 Å². The van der Waals surface area contributed by atoms with Crippen LogP contribution in [-0.4, -0.2) is 23.6 Å². The minimum absolute atomic E-state index is 0.0818. The maximum absolute atomic E-state index is 9.21. The molecule has 0 aromatic heterocycles. The molecule has 1 saturated heterocycles. The zero-order valence-electron chi connectivity index (χ0n) is 11.4. The van der Waals surface area contributed by atoms with E-state index in [4.69, 9.17) is 21.1 Å². The first-order valence-corrected chi connectivity index (χ1v) is 7.24. The second-order valence-electron chi connectivity index (χ2n) is 4.85. The van der Waals surface area contributed by atoms with Gasteiger partial charge in [-0.1, -0.05) is 43.6 Å². The van der Waals surface area contributed by atoms with E-state index < -0.39 is 5.79 Å². The Morgan fingerprint density at radius 1 is 1.21 bits per heavy atom. The van der Waals surface area contributed by atoms with Gasteiger partial charge in [0.15, 0.2) is 5.79 Å². The number of rotatable bonds is 5. The molecule has 1 aliphatic rings. The summed E-state index contributed by atoms with van der Waals surface area (Å²) in [5.74, 6) is -0.552. The lowest BCUT2D eigenvalue weighted by molar-refractivity contribution is -0.180. The molecule has 1 aromatic rings. The SMILES string of the molecule is CCC1(CC)O[C@H](c2ccccc2Cl)[C@@H](CCO)O1. The summed E-state index contributed by atoms with van der Waals surface area (Å²) < 4.78 is 12.2. The standard InChI is InChI=1S/C15H21ClO3/c1-3-15(4-2)18-13(9-10-17)14(19-15)11-7-5-6-8-12(11)16/h5-8,13-14,17H,3-4,9-10H2,1-2H3/t13-,14-/m1/s1. The summed E-state index contributed by atoms with van der Waals surface area (Å²) in [6.07, 6.45) is 1.77. The van der Waals surface area contributed by atoms with Gasteiger partial charge in [0.2, 0.25) is 0 Å². The fraction of sp³-hybridized carbons (Fsp3) is 0.600. The van der Waals surface area contributed by atoms with Crippen LogP contribution in [0.5, 0.6) is 0 Å². The zero-order valence-corrected chi connectivity index (χ0v) is 12.2. The van der Waals surface area contributed by atoms with Crippen LogP contribution in [0.3, 0.4) is 0 Å². The molecule has 0 amide bonds. The summed E-state index contributed by atoms with van der Waals surface area (Å²) in [6, 6.07) is 7.66. The van der Waals surface area contributed by atoms with Crippen molar-refractivity contribution >= 4 is 11.6 Å². The lowest BCUT2D eigenvalue weighted by atomic mass is 10.0. The fourth-order valence-corrected chi connectivity index (χ4v) is 2.81. The molecule has 1 heterocycles. The number of benzene rings is 1. The van der Waals surface area contributed by atoms with E-state index in [9.17, 15) is 5.11 Å². The van der Waals surface area contributed by atoms with Crippen LogP contribution in [-0.2, 0) is 9.47 Å². The molecule has 0 unspecified atom stereocenters. The Kier molecular flexibility index (Phi) is 4.85. The molecule has 1 aromatic carbocycles. The molecule has 3 nitrogen and oxygen atoms in total. The summed E-state index contributed by atoms with van der Waals surface area (Å²) in [4.78, 5) is 0. The highest BCUT2D eigenvalue weighted by Gasteiger charge is 2.46. The summed E-state index contributed by atoms with van der Waals surface area (Å²) in [5.41, 5.74) is 0.936. The predicted octanol–water partition coefficient (Wildman–Crippen LogP) is 3.70. The monoisotopic (exact) mass is 284 g/mol. The van der Waals surface area contributed by atoms with Crippen LogP contribution in [0.2, 0.25) is 5.02 Å². The molecule has 1 fully saturated rings. The van der Waals surface area contributed by atoms with E-state index in [0.717, 1.165) is 18.4 Å². The zero-order chi connectivity index (χ0) is 13.9. The smallest absolute Gasteiger partial charge is 0.169 e. The third kappa shape index (κ3) is 2.95. The molecule has 0 spiro atoms. The maximum atomic E-state index is 9.21. The topological polar surface area (TPSA) is 38.7 Å². The van der Waals surface area contributed by atoms with E-state index in [1.165, 1.54) is 0 Å². The molecular weight excluding hydrogens is 264 g/mol. The summed E-state index contributed by atoms with van der Waals surface area (Å²) in [5, 5.41) is 9.89. The number of aliphatic hydroxyl groups is 1. The molecule has 1 N–H and O–H groups in total. The average molecular weight is 285 g/mol. The molecule has 1 aliphatic heterocycles. The maximum Gasteiger partial charge on any atom is 0.169 e. The van der Waals surface area contributed by atoms with Gasteiger partial charge in [-0.2, -0.15) is 0 Å². The highest BCUT2D eigenvalue weighted by molar-refractivity contribution is 6.31. The van der Waals surface area contributed by atoms with Crippen molar-refractivity contribution in [3.05, 3.63) is 34.9 Å². The number of aliphatic hydroxyl groups excluding tert-OH is 1. The van der Waals surface area contributed by atoms with Gasteiger partial charge < -0.3 is 14.6 Å². The van der Waals surface area contributed by atoms with Gasteiger partial charge in [-0.15, -0.1) is 0 Å². The number of hydrogen-bond acceptors (Lipinski definition) is 3. The average Bonchev–Trinajstić information content (AvgIpc) is 2.79. The molecule has 4 heteroatoms. The Balaban J connectivity index is 2.29. The van der Waals surface area contributed by atoms with Crippen molar-refractivity contribution in [3.63, 3.8) is 0 Å². The Hall–Kier alpha value is -0.610. The van der Waals surface area contributed by atoms with E-state index in [1.54, 1.807) is 0 Å². The second-order valence-corrected chi connectivity index (χ2v) is 5.25. The second kappa shape index (κ2) is 6.23. The van der Waals surface area contributed by atoms with Crippen molar-refractivity contribution in [2.24, 2.45) is 0 Å². The number of hydrogen-bond donors (Lipinski definition) is 1. The molecule has 0 saturated carbocycles. The van der Waals surface area contributed by atoms with Gasteiger partial charge in [-0.05, 0) is 25.3 Å². The third-order valence-corrected chi connectivity index (χ3v) is 4.09. The van der Waals surface area contributed by atoms with Gasteiger partial charge in [0.1, 0.15) is 6.10 Å². The van der Waals surface area contributed by atoms with Crippen LogP contribution < -0.4 is 0 Å². The van der Waals surface area contributed by atoms with E-state index in [2.05, 4.69) is 13.8 Å². The molecule has 106 valence electrons. The minimum Gasteiger partial charge on any atom is -0.396 e. The van der Waals surface area contributed by atoms with Gasteiger partial charge in [-0.25, -0.2) is 0 Å². The van der Waals surface area contributed by atoms with Gasteiger partial charge in [0, 0.05) is 17.2 Å². The predicted molar refractivity (Wildman–Crippen MR) is 75.2 cm³/mol. The van der Waals surface area contributed by atoms with Crippen LogP contribution in [0.4, 0.5) is 0 Å². The van der Waals surface area contributed by atoms with Crippen LogP contribution in [0, 0.1) is 0 Å². The van der Waals surface area contributed by atoms with Crippen molar-refractivity contribution in [3.8, 4) is 0 Å². The summed E-state index contributed by atoms with van der Waals surface area (Å²) >= 11 is 6.25. The van der Waals surface area contributed by atoms with Crippen molar-refractivity contribution in [2.45, 2.75) is 51.1 Å². The van der Waals surface area contributed by atoms with E-state index in [0.29, 0.717) is 11.4 Å². The molecule has 0 radical (unpaired) electrons. The normalized spacial score (nSPS) is 25.7. The quantitative estimate of drug-likeness (QED) is 0.896. The molecule has 0 bridgehead atoms. The van der Waals surface area contributed by atoms with Crippen LogP contribution in [0.1, 0.15) is 44.8 Å². The highest BCUT2D eigenvalue weighted by Crippen LogP contribution is 2.44. The summed E-state index contributed by atoms with van der Waals surface area (Å²) in [7, 11) is 0. The van der Waals surface area contributed by atoms with Crippen molar-refractivity contribution in [1.29, 1.82) is 0 Å². The van der Waals surface area contributed by atoms with E-state index in [1.807, 2.05) is 24.3 Å². The summed E-state index contributed by atoms with van der Waals surface area (Å²) in [6.45, 7) is 4.18. The Morgan fingerprint density at radius 3 is 2.47 bits per heavy atom. The van der Waals surface area contributed by atoms with E-state index >= 15 is 0 Å². The minimum atomic E-state index is -0.552. The first-order valence-electron chi connectivity index (χ1n) is 6.86. The largest absolute Gasteiger partial charge is 0.396 e. The van der Waals surface area contributed by atoms with Crippen LogP contribution in [0.15, 0.2) is 24.3 Å². The molecular formula is C15H21ClO3. The van der Waals surface area contributed by atoms with Crippen LogP contribution >= 0.6 is 11.6 Å². The first-order chi connectivity index (χ1) is 9.15. The van der Waals surface area contributed by atoms with Crippen molar-refractivity contribution in [1.82, 2.24) is 0 Å². The lowest BCUT2D eigenvalue weighted by Crippen LogP contribution is -2.29. The third-order valence-electron chi connectivity index (χ3n) is 3.75.